The predicted octanol–water partition coefficient (Wildman–Crippen LogP) is 1.84. The van der Waals surface area contributed by atoms with Crippen LogP contribution in [0.15, 0.2) is 23.1 Å². The molecule has 2 fully saturated rings. The number of hydrogen-bond acceptors (Lipinski definition) is 6. The molecule has 0 amide bonds. The van der Waals surface area contributed by atoms with Crippen molar-refractivity contribution in [3.8, 4) is 0 Å². The minimum absolute atomic E-state index is 0.293. The van der Waals surface area contributed by atoms with Gasteiger partial charge < -0.3 is 5.32 Å². The van der Waals surface area contributed by atoms with E-state index < -0.39 is 10.0 Å². The van der Waals surface area contributed by atoms with E-state index in [1.165, 1.54) is 12.8 Å². The predicted molar refractivity (Wildman–Crippen MR) is 89.9 cm³/mol. The maximum atomic E-state index is 13.0. The van der Waals surface area contributed by atoms with E-state index in [1.807, 2.05) is 0 Å². The molecule has 0 spiro atoms. The monoisotopic (exact) mass is 352 g/mol. The summed E-state index contributed by atoms with van der Waals surface area (Å²) >= 11 is 1.06. The number of sulfonamides is 1. The van der Waals surface area contributed by atoms with Gasteiger partial charge in [-0.05, 0) is 50.3 Å². The Kier molecular flexibility index (Phi) is 4.08. The van der Waals surface area contributed by atoms with E-state index >= 15 is 0 Å². The molecule has 2 aliphatic heterocycles. The Morgan fingerprint density at radius 3 is 2.74 bits per heavy atom. The maximum absolute atomic E-state index is 13.0. The quantitative estimate of drug-likeness (QED) is 0.912. The van der Waals surface area contributed by atoms with E-state index in [-0.39, 0.29) is 0 Å². The van der Waals surface area contributed by atoms with E-state index in [1.54, 1.807) is 22.5 Å². The van der Waals surface area contributed by atoms with Crippen LogP contribution in [0.25, 0.3) is 11.0 Å². The molecule has 0 radical (unpaired) electrons. The summed E-state index contributed by atoms with van der Waals surface area (Å²) in [6.07, 6.45) is 4.33. The van der Waals surface area contributed by atoms with Crippen LogP contribution in [-0.4, -0.2) is 47.1 Å². The van der Waals surface area contributed by atoms with Crippen LogP contribution in [-0.2, 0) is 10.0 Å². The maximum Gasteiger partial charge on any atom is 0.245 e. The molecular formula is C15H20N4O2S2. The van der Waals surface area contributed by atoms with Crippen molar-refractivity contribution in [2.24, 2.45) is 5.92 Å². The first-order valence-electron chi connectivity index (χ1n) is 8.11. The molecule has 6 nitrogen and oxygen atoms in total. The summed E-state index contributed by atoms with van der Waals surface area (Å²) in [5.74, 6) is 0.598. The van der Waals surface area contributed by atoms with Gasteiger partial charge in [-0.1, -0.05) is 6.07 Å². The molecule has 1 aromatic carbocycles. The average molecular weight is 352 g/mol. The van der Waals surface area contributed by atoms with Crippen LogP contribution in [0.5, 0.6) is 0 Å². The first-order valence-corrected chi connectivity index (χ1v) is 10.3. The Balaban J connectivity index is 1.54. The number of aromatic nitrogens is 2. The molecule has 124 valence electrons. The Morgan fingerprint density at radius 2 is 2.00 bits per heavy atom. The van der Waals surface area contributed by atoms with Gasteiger partial charge in [-0.2, -0.15) is 13.1 Å². The first kappa shape index (κ1) is 15.4. The zero-order chi connectivity index (χ0) is 15.9. The van der Waals surface area contributed by atoms with E-state index in [4.69, 9.17) is 0 Å². The van der Waals surface area contributed by atoms with Gasteiger partial charge >= 0.3 is 0 Å². The molecular weight excluding hydrogens is 332 g/mol. The second kappa shape index (κ2) is 6.08. The molecule has 23 heavy (non-hydrogen) atoms. The third-order valence-corrected chi connectivity index (χ3v) is 7.51. The molecule has 2 aliphatic rings. The lowest BCUT2D eigenvalue weighted by atomic mass is 9.89. The lowest BCUT2D eigenvalue weighted by molar-refractivity contribution is 0.234. The van der Waals surface area contributed by atoms with E-state index in [0.717, 1.165) is 31.1 Å². The number of nitrogens with one attached hydrogen (secondary N) is 1. The van der Waals surface area contributed by atoms with Gasteiger partial charge in [0.25, 0.3) is 0 Å². The number of nitrogens with zero attached hydrogens (tertiary/aromatic N) is 3. The van der Waals surface area contributed by atoms with Crippen molar-refractivity contribution in [1.82, 2.24) is 18.4 Å². The number of rotatable bonds is 3. The van der Waals surface area contributed by atoms with Crippen molar-refractivity contribution in [2.75, 3.05) is 19.6 Å². The second-order valence-electron chi connectivity index (χ2n) is 6.33. The lowest BCUT2D eigenvalue weighted by Crippen LogP contribution is -2.43. The molecule has 8 heteroatoms. The van der Waals surface area contributed by atoms with Crippen LogP contribution in [0.2, 0.25) is 0 Å². The van der Waals surface area contributed by atoms with Crippen LogP contribution in [0.1, 0.15) is 25.7 Å². The van der Waals surface area contributed by atoms with Gasteiger partial charge in [-0.3, -0.25) is 0 Å². The average Bonchev–Trinajstić information content (AvgIpc) is 3.26. The highest BCUT2D eigenvalue weighted by Crippen LogP contribution is 2.30. The molecule has 0 aliphatic carbocycles. The summed E-state index contributed by atoms with van der Waals surface area (Å²) in [6, 6.07) is 5.76. The largest absolute Gasteiger partial charge is 0.314 e. The SMILES string of the molecule is O=S(=O)(c1cccc2nsnc12)N1CCC(C2CCCN2)CC1. The van der Waals surface area contributed by atoms with Gasteiger partial charge in [0.2, 0.25) is 10.0 Å². The summed E-state index contributed by atoms with van der Waals surface area (Å²) in [6.45, 7) is 2.29. The third kappa shape index (κ3) is 2.77. The Labute approximate surface area is 140 Å². The summed E-state index contributed by atoms with van der Waals surface area (Å²) in [4.78, 5) is 0.293. The topological polar surface area (TPSA) is 75.2 Å². The van der Waals surface area contributed by atoms with Gasteiger partial charge in [-0.15, -0.1) is 0 Å². The number of fused-ring (bicyclic) bond motifs is 1. The summed E-state index contributed by atoms with van der Waals surface area (Å²) in [7, 11) is -3.49. The Morgan fingerprint density at radius 1 is 1.17 bits per heavy atom. The zero-order valence-electron chi connectivity index (χ0n) is 12.8. The fourth-order valence-electron chi connectivity index (χ4n) is 3.76. The van der Waals surface area contributed by atoms with Crippen LogP contribution < -0.4 is 5.32 Å². The van der Waals surface area contributed by atoms with Crippen molar-refractivity contribution < 1.29 is 8.42 Å². The molecule has 2 saturated heterocycles. The summed E-state index contributed by atoms with van der Waals surface area (Å²) in [5, 5.41) is 3.55. The van der Waals surface area contributed by atoms with Crippen LogP contribution >= 0.6 is 11.7 Å². The molecule has 3 heterocycles. The van der Waals surface area contributed by atoms with Gasteiger partial charge in [0.1, 0.15) is 15.9 Å². The normalized spacial score (nSPS) is 24.4. The van der Waals surface area contributed by atoms with Crippen molar-refractivity contribution in [3.63, 3.8) is 0 Å². The van der Waals surface area contributed by atoms with E-state index in [2.05, 4.69) is 14.1 Å². The highest BCUT2D eigenvalue weighted by atomic mass is 32.2. The Bertz CT molecular complexity index is 791. The number of hydrogen-bond donors (Lipinski definition) is 1. The number of piperidine rings is 1. The minimum atomic E-state index is -3.49. The van der Waals surface area contributed by atoms with Crippen molar-refractivity contribution in [1.29, 1.82) is 0 Å². The molecule has 1 aromatic heterocycles. The Hall–Kier alpha value is -1.09. The van der Waals surface area contributed by atoms with Crippen LogP contribution in [0, 0.1) is 5.92 Å². The highest BCUT2D eigenvalue weighted by molar-refractivity contribution is 7.89. The lowest BCUT2D eigenvalue weighted by Gasteiger charge is -2.34. The van der Waals surface area contributed by atoms with Gasteiger partial charge in [0.05, 0.1) is 11.7 Å². The van der Waals surface area contributed by atoms with Gasteiger partial charge in [-0.25, -0.2) is 8.42 Å². The van der Waals surface area contributed by atoms with Gasteiger partial charge in [0, 0.05) is 19.1 Å². The zero-order valence-corrected chi connectivity index (χ0v) is 14.4. The molecule has 4 rings (SSSR count). The molecule has 1 unspecified atom stereocenters. The van der Waals surface area contributed by atoms with Crippen molar-refractivity contribution in [3.05, 3.63) is 18.2 Å². The highest BCUT2D eigenvalue weighted by Gasteiger charge is 2.34. The minimum Gasteiger partial charge on any atom is -0.314 e. The van der Waals surface area contributed by atoms with Gasteiger partial charge in [0.15, 0.2) is 0 Å². The van der Waals surface area contributed by atoms with Crippen LogP contribution in [0.4, 0.5) is 0 Å². The summed E-state index contributed by atoms with van der Waals surface area (Å²) < 4.78 is 35.9. The molecule has 0 saturated carbocycles. The molecule has 0 bridgehead atoms. The smallest absolute Gasteiger partial charge is 0.245 e. The molecule has 1 atom stereocenters. The van der Waals surface area contributed by atoms with Crippen molar-refractivity contribution in [2.45, 2.75) is 36.6 Å². The summed E-state index contributed by atoms with van der Waals surface area (Å²) in [5.41, 5.74) is 1.15. The third-order valence-electron chi connectivity index (χ3n) is 5.03. The standard InChI is InChI=1S/C15H20N4O2S2/c20-23(21,14-5-1-3-13-15(14)18-22-17-13)19-9-6-11(7-10-19)12-4-2-8-16-12/h1,3,5,11-12,16H,2,4,6-10H2. The molecule has 2 aromatic rings. The van der Waals surface area contributed by atoms with Crippen molar-refractivity contribution >= 4 is 32.8 Å². The van der Waals surface area contributed by atoms with E-state index in [9.17, 15) is 8.42 Å². The van der Waals surface area contributed by atoms with E-state index in [0.29, 0.717) is 41.0 Å². The second-order valence-corrected chi connectivity index (χ2v) is 8.77. The molecule has 1 N–H and O–H groups in total. The number of benzene rings is 1. The fourth-order valence-corrected chi connectivity index (χ4v) is 5.98. The first-order chi connectivity index (χ1) is 11.2. The fraction of sp³-hybridized carbons (Fsp3) is 0.600. The van der Waals surface area contributed by atoms with Crippen LogP contribution in [0.3, 0.4) is 0 Å².